The molecule has 2 N–H and O–H groups in total. The van der Waals surface area contributed by atoms with Crippen molar-refractivity contribution in [3.63, 3.8) is 0 Å². The van der Waals surface area contributed by atoms with Crippen LogP contribution >= 0.6 is 0 Å². The fourth-order valence-corrected chi connectivity index (χ4v) is 2.26. The first-order valence-electron chi connectivity index (χ1n) is 6.57. The van der Waals surface area contributed by atoms with E-state index in [-0.39, 0.29) is 5.82 Å². The minimum absolute atomic E-state index is 0.354. The Morgan fingerprint density at radius 1 is 1.05 bits per heavy atom. The average Bonchev–Trinajstić information content (AvgIpc) is 2.41. The van der Waals surface area contributed by atoms with Crippen LogP contribution in [0, 0.1) is 19.7 Å². The van der Waals surface area contributed by atoms with E-state index in [2.05, 4.69) is 0 Å². The third-order valence-electron chi connectivity index (χ3n) is 3.84. The van der Waals surface area contributed by atoms with Crippen molar-refractivity contribution in [1.29, 1.82) is 0 Å². The Morgan fingerprint density at radius 2 is 1.75 bits per heavy atom. The number of rotatable bonds is 3. The van der Waals surface area contributed by atoms with Gasteiger partial charge in [-0.05, 0) is 43.5 Å². The Labute approximate surface area is 119 Å². The van der Waals surface area contributed by atoms with E-state index < -0.39 is 5.54 Å². The van der Waals surface area contributed by atoms with Crippen molar-refractivity contribution in [2.24, 2.45) is 5.73 Å². The van der Waals surface area contributed by atoms with Gasteiger partial charge in [-0.2, -0.15) is 0 Å². The molecule has 106 valence electrons. The van der Waals surface area contributed by atoms with Crippen LogP contribution in [0.1, 0.15) is 29.2 Å². The summed E-state index contributed by atoms with van der Waals surface area (Å²) >= 11 is 0. The molecule has 0 bridgehead atoms. The number of benzene rings is 2. The van der Waals surface area contributed by atoms with Crippen LogP contribution in [0.4, 0.5) is 4.39 Å². The lowest BCUT2D eigenvalue weighted by Crippen LogP contribution is -2.35. The number of aryl methyl sites for hydroxylation is 2. The van der Waals surface area contributed by atoms with Crippen molar-refractivity contribution in [3.8, 4) is 5.75 Å². The maximum Gasteiger partial charge on any atom is 0.132 e. The van der Waals surface area contributed by atoms with Crippen LogP contribution in [0.2, 0.25) is 0 Å². The SMILES string of the molecule is COc1ccc(C(C)(N)c2ccc(C)c(C)c2)c(F)c1. The summed E-state index contributed by atoms with van der Waals surface area (Å²) in [5.74, 6) is 0.134. The molecule has 0 radical (unpaired) electrons. The van der Waals surface area contributed by atoms with Crippen LogP contribution in [-0.4, -0.2) is 7.11 Å². The molecule has 0 heterocycles. The zero-order valence-corrected chi connectivity index (χ0v) is 12.3. The van der Waals surface area contributed by atoms with E-state index >= 15 is 0 Å². The fourth-order valence-electron chi connectivity index (χ4n) is 2.26. The van der Waals surface area contributed by atoms with E-state index in [0.29, 0.717) is 11.3 Å². The summed E-state index contributed by atoms with van der Waals surface area (Å²) in [7, 11) is 1.51. The molecule has 0 amide bonds. The predicted molar refractivity (Wildman–Crippen MR) is 79.5 cm³/mol. The fraction of sp³-hybridized carbons (Fsp3) is 0.294. The molecule has 2 rings (SSSR count). The summed E-state index contributed by atoms with van der Waals surface area (Å²) < 4.78 is 19.3. The van der Waals surface area contributed by atoms with Crippen LogP contribution in [0.15, 0.2) is 36.4 Å². The van der Waals surface area contributed by atoms with Crippen LogP contribution in [-0.2, 0) is 5.54 Å². The lowest BCUT2D eigenvalue weighted by atomic mass is 9.84. The molecule has 0 spiro atoms. The number of ether oxygens (including phenoxy) is 1. The van der Waals surface area contributed by atoms with Gasteiger partial charge in [-0.1, -0.05) is 24.3 Å². The van der Waals surface area contributed by atoms with Gasteiger partial charge in [-0.15, -0.1) is 0 Å². The summed E-state index contributed by atoms with van der Waals surface area (Å²) in [5, 5.41) is 0. The molecule has 2 nitrogen and oxygen atoms in total. The number of nitrogens with two attached hydrogens (primary N) is 1. The third-order valence-corrected chi connectivity index (χ3v) is 3.84. The molecular weight excluding hydrogens is 253 g/mol. The van der Waals surface area contributed by atoms with E-state index in [1.807, 2.05) is 39.0 Å². The number of halogens is 1. The minimum atomic E-state index is -0.880. The van der Waals surface area contributed by atoms with Gasteiger partial charge in [0, 0.05) is 11.6 Å². The van der Waals surface area contributed by atoms with Gasteiger partial charge in [0.15, 0.2) is 0 Å². The van der Waals surface area contributed by atoms with Crippen molar-refractivity contribution >= 4 is 0 Å². The van der Waals surface area contributed by atoms with Crippen molar-refractivity contribution < 1.29 is 9.13 Å². The Morgan fingerprint density at radius 3 is 2.30 bits per heavy atom. The van der Waals surface area contributed by atoms with E-state index in [9.17, 15) is 4.39 Å². The molecule has 20 heavy (non-hydrogen) atoms. The highest BCUT2D eigenvalue weighted by atomic mass is 19.1. The third kappa shape index (κ3) is 2.54. The monoisotopic (exact) mass is 273 g/mol. The molecule has 0 fully saturated rings. The van der Waals surface area contributed by atoms with Crippen molar-refractivity contribution in [1.82, 2.24) is 0 Å². The van der Waals surface area contributed by atoms with Gasteiger partial charge >= 0.3 is 0 Å². The van der Waals surface area contributed by atoms with E-state index in [1.165, 1.54) is 18.7 Å². The highest BCUT2D eigenvalue weighted by Crippen LogP contribution is 2.31. The summed E-state index contributed by atoms with van der Waals surface area (Å²) in [4.78, 5) is 0. The van der Waals surface area contributed by atoms with Gasteiger partial charge < -0.3 is 10.5 Å². The molecule has 2 aromatic rings. The minimum Gasteiger partial charge on any atom is -0.497 e. The maximum absolute atomic E-state index is 14.2. The Hall–Kier alpha value is -1.87. The Kier molecular flexibility index (Phi) is 3.82. The van der Waals surface area contributed by atoms with Gasteiger partial charge in [-0.3, -0.25) is 0 Å². The lowest BCUT2D eigenvalue weighted by molar-refractivity contribution is 0.409. The molecule has 1 atom stereocenters. The first-order chi connectivity index (χ1) is 9.36. The highest BCUT2D eigenvalue weighted by molar-refractivity contribution is 5.43. The van der Waals surface area contributed by atoms with Crippen LogP contribution in [0.3, 0.4) is 0 Å². The molecular formula is C17H20FNO. The van der Waals surface area contributed by atoms with Gasteiger partial charge in [0.05, 0.1) is 12.6 Å². The summed E-state index contributed by atoms with van der Waals surface area (Å²) in [6.45, 7) is 5.89. The maximum atomic E-state index is 14.2. The van der Waals surface area contributed by atoms with E-state index in [4.69, 9.17) is 10.5 Å². The topological polar surface area (TPSA) is 35.2 Å². The normalized spacial score (nSPS) is 13.9. The second-order valence-corrected chi connectivity index (χ2v) is 5.35. The second-order valence-electron chi connectivity index (χ2n) is 5.35. The molecule has 0 saturated heterocycles. The van der Waals surface area contributed by atoms with Gasteiger partial charge in [0.25, 0.3) is 0 Å². The van der Waals surface area contributed by atoms with Crippen LogP contribution in [0.25, 0.3) is 0 Å². The molecule has 0 aliphatic heterocycles. The molecule has 0 saturated carbocycles. The number of hydrogen-bond acceptors (Lipinski definition) is 2. The molecule has 0 aliphatic rings. The quantitative estimate of drug-likeness (QED) is 0.926. The van der Waals surface area contributed by atoms with E-state index in [1.54, 1.807) is 12.1 Å². The number of hydrogen-bond donors (Lipinski definition) is 1. The highest BCUT2D eigenvalue weighted by Gasteiger charge is 2.27. The zero-order chi connectivity index (χ0) is 14.9. The first kappa shape index (κ1) is 14.5. The zero-order valence-electron chi connectivity index (χ0n) is 12.3. The summed E-state index contributed by atoms with van der Waals surface area (Å²) in [6, 6.07) is 10.7. The second kappa shape index (κ2) is 5.25. The molecule has 0 aliphatic carbocycles. The molecule has 3 heteroatoms. The van der Waals surface area contributed by atoms with Gasteiger partial charge in [0.2, 0.25) is 0 Å². The molecule has 1 unspecified atom stereocenters. The van der Waals surface area contributed by atoms with Gasteiger partial charge in [0.1, 0.15) is 11.6 Å². The largest absolute Gasteiger partial charge is 0.497 e. The number of methoxy groups -OCH3 is 1. The molecule has 2 aromatic carbocycles. The standard InChI is InChI=1S/C17H20FNO/c1-11-5-6-13(9-12(11)2)17(3,19)15-8-7-14(20-4)10-16(15)18/h5-10H,19H2,1-4H3. The predicted octanol–water partition coefficient (Wildman–Crippen LogP) is 3.67. The molecule has 0 aromatic heterocycles. The van der Waals surface area contributed by atoms with Crippen LogP contribution < -0.4 is 10.5 Å². The summed E-state index contributed by atoms with van der Waals surface area (Å²) in [5.41, 5.74) is 9.20. The van der Waals surface area contributed by atoms with Gasteiger partial charge in [-0.25, -0.2) is 4.39 Å². The van der Waals surface area contributed by atoms with Crippen LogP contribution in [0.5, 0.6) is 5.75 Å². The average molecular weight is 273 g/mol. The van der Waals surface area contributed by atoms with Crippen molar-refractivity contribution in [3.05, 3.63) is 64.5 Å². The Bertz CT molecular complexity index is 635. The Balaban J connectivity index is 2.51. The van der Waals surface area contributed by atoms with E-state index in [0.717, 1.165) is 11.1 Å². The summed E-state index contributed by atoms with van der Waals surface area (Å²) in [6.07, 6.45) is 0. The smallest absolute Gasteiger partial charge is 0.132 e. The lowest BCUT2D eigenvalue weighted by Gasteiger charge is -2.27. The van der Waals surface area contributed by atoms with Crippen molar-refractivity contribution in [2.75, 3.05) is 7.11 Å². The first-order valence-corrected chi connectivity index (χ1v) is 6.57. The van der Waals surface area contributed by atoms with Crippen molar-refractivity contribution in [2.45, 2.75) is 26.3 Å².